The lowest BCUT2D eigenvalue weighted by Crippen LogP contribution is -2.31. The number of rotatable bonds is 3. The molecule has 1 saturated carbocycles. The Morgan fingerprint density at radius 3 is 2.75 bits per heavy atom. The largest absolute Gasteiger partial charge is 0.366 e. The Morgan fingerprint density at radius 1 is 1.30 bits per heavy atom. The molecular formula is C15H19N3O2. The zero-order chi connectivity index (χ0) is 14.2. The molecule has 20 heavy (non-hydrogen) atoms. The first-order valence-corrected chi connectivity index (χ1v) is 7.02. The van der Waals surface area contributed by atoms with E-state index in [9.17, 15) is 9.59 Å². The number of nitrogens with one attached hydrogen (secondary N) is 2. The summed E-state index contributed by atoms with van der Waals surface area (Å²) in [7, 11) is 0. The van der Waals surface area contributed by atoms with E-state index >= 15 is 0 Å². The summed E-state index contributed by atoms with van der Waals surface area (Å²) >= 11 is 0. The maximum Gasteiger partial charge on any atom is 0.248 e. The third-order valence-corrected chi connectivity index (χ3v) is 4.52. The van der Waals surface area contributed by atoms with E-state index in [-0.39, 0.29) is 17.2 Å². The first-order chi connectivity index (χ1) is 9.61. The van der Waals surface area contributed by atoms with Gasteiger partial charge in [0.25, 0.3) is 0 Å². The number of hydrogen-bond acceptors (Lipinski definition) is 3. The van der Waals surface area contributed by atoms with Gasteiger partial charge >= 0.3 is 0 Å². The van der Waals surface area contributed by atoms with E-state index < -0.39 is 5.91 Å². The van der Waals surface area contributed by atoms with Gasteiger partial charge in [0, 0.05) is 17.2 Å². The van der Waals surface area contributed by atoms with Gasteiger partial charge in [0.2, 0.25) is 11.8 Å². The smallest absolute Gasteiger partial charge is 0.248 e. The second kappa shape index (κ2) is 4.90. The molecule has 0 aromatic heterocycles. The summed E-state index contributed by atoms with van der Waals surface area (Å²) in [6.45, 7) is 2.00. The molecule has 1 aliphatic carbocycles. The van der Waals surface area contributed by atoms with Crippen LogP contribution in [0.15, 0.2) is 24.3 Å². The lowest BCUT2D eigenvalue weighted by molar-refractivity contribution is -0.118. The average Bonchev–Trinajstić information content (AvgIpc) is 3.13. The molecule has 1 aromatic rings. The van der Waals surface area contributed by atoms with Crippen molar-refractivity contribution < 1.29 is 9.59 Å². The number of hydrogen-bond donors (Lipinski definition) is 3. The van der Waals surface area contributed by atoms with Crippen LogP contribution in [-0.2, 0) is 4.79 Å². The molecule has 106 valence electrons. The van der Waals surface area contributed by atoms with Crippen LogP contribution >= 0.6 is 0 Å². The summed E-state index contributed by atoms with van der Waals surface area (Å²) in [6.07, 6.45) is 3.13. The fourth-order valence-corrected chi connectivity index (χ4v) is 3.18. The van der Waals surface area contributed by atoms with Crippen LogP contribution in [0.5, 0.6) is 0 Å². The topological polar surface area (TPSA) is 84.2 Å². The van der Waals surface area contributed by atoms with Gasteiger partial charge in [0.05, 0.1) is 0 Å². The molecule has 1 atom stereocenters. The van der Waals surface area contributed by atoms with Gasteiger partial charge in [-0.2, -0.15) is 0 Å². The van der Waals surface area contributed by atoms with Crippen molar-refractivity contribution in [3.05, 3.63) is 29.8 Å². The van der Waals surface area contributed by atoms with E-state index in [0.717, 1.165) is 32.4 Å². The van der Waals surface area contributed by atoms with Gasteiger partial charge in [0.1, 0.15) is 0 Å². The van der Waals surface area contributed by atoms with Crippen LogP contribution in [0.25, 0.3) is 0 Å². The van der Waals surface area contributed by atoms with E-state index in [0.29, 0.717) is 11.3 Å². The zero-order valence-corrected chi connectivity index (χ0v) is 11.3. The van der Waals surface area contributed by atoms with Crippen LogP contribution in [0.2, 0.25) is 0 Å². The molecule has 1 aliphatic heterocycles. The molecule has 1 saturated heterocycles. The van der Waals surface area contributed by atoms with Crippen LogP contribution in [0, 0.1) is 11.3 Å². The summed E-state index contributed by atoms with van der Waals surface area (Å²) in [4.78, 5) is 23.4. The van der Waals surface area contributed by atoms with Gasteiger partial charge in [-0.1, -0.05) is 6.07 Å². The molecule has 5 nitrogen and oxygen atoms in total. The number of carbonyl (C=O) groups is 2. The third-order valence-electron chi connectivity index (χ3n) is 4.52. The quantitative estimate of drug-likeness (QED) is 0.771. The average molecular weight is 273 g/mol. The molecule has 1 heterocycles. The fraction of sp³-hybridized carbons (Fsp3) is 0.467. The van der Waals surface area contributed by atoms with Crippen molar-refractivity contribution in [1.82, 2.24) is 5.32 Å². The van der Waals surface area contributed by atoms with Gasteiger partial charge in [-0.15, -0.1) is 0 Å². The molecule has 2 fully saturated rings. The Balaban J connectivity index is 1.65. The summed E-state index contributed by atoms with van der Waals surface area (Å²) in [5.74, 6) is -0.308. The minimum absolute atomic E-state index is 0.0634. The lowest BCUT2D eigenvalue weighted by Gasteiger charge is -2.23. The molecule has 1 aromatic carbocycles. The van der Waals surface area contributed by atoms with E-state index in [2.05, 4.69) is 10.6 Å². The highest BCUT2D eigenvalue weighted by Crippen LogP contribution is 2.58. The van der Waals surface area contributed by atoms with Crippen LogP contribution in [0.3, 0.4) is 0 Å². The number of anilines is 1. The normalized spacial score (nSPS) is 23.3. The molecule has 2 aliphatic rings. The lowest BCUT2D eigenvalue weighted by atomic mass is 9.92. The number of carbonyl (C=O) groups excluding carboxylic acids is 2. The van der Waals surface area contributed by atoms with Gasteiger partial charge < -0.3 is 16.4 Å². The Kier molecular flexibility index (Phi) is 3.22. The SMILES string of the molecule is NC(=O)c1cccc(NC(=O)C2CC23CCNCC3)c1. The number of piperidine rings is 1. The molecule has 5 heteroatoms. The first kappa shape index (κ1) is 13.1. The Morgan fingerprint density at radius 2 is 2.05 bits per heavy atom. The molecule has 0 radical (unpaired) electrons. The molecule has 1 unspecified atom stereocenters. The summed E-state index contributed by atoms with van der Waals surface area (Å²) in [5, 5.41) is 6.23. The molecule has 2 amide bonds. The second-order valence-electron chi connectivity index (χ2n) is 5.80. The van der Waals surface area contributed by atoms with E-state index in [1.807, 2.05) is 0 Å². The van der Waals surface area contributed by atoms with Gasteiger partial charge in [0.15, 0.2) is 0 Å². The van der Waals surface area contributed by atoms with E-state index in [1.165, 1.54) is 0 Å². The maximum atomic E-state index is 12.3. The van der Waals surface area contributed by atoms with Crippen molar-refractivity contribution in [2.75, 3.05) is 18.4 Å². The molecular weight excluding hydrogens is 254 g/mol. The highest BCUT2D eigenvalue weighted by molar-refractivity contribution is 5.98. The van der Waals surface area contributed by atoms with Crippen molar-refractivity contribution in [1.29, 1.82) is 0 Å². The zero-order valence-electron chi connectivity index (χ0n) is 11.3. The maximum absolute atomic E-state index is 12.3. The van der Waals surface area contributed by atoms with Crippen molar-refractivity contribution >= 4 is 17.5 Å². The van der Waals surface area contributed by atoms with Crippen molar-refractivity contribution in [3.63, 3.8) is 0 Å². The van der Waals surface area contributed by atoms with E-state index in [1.54, 1.807) is 24.3 Å². The summed E-state index contributed by atoms with van der Waals surface area (Å²) < 4.78 is 0. The predicted molar refractivity (Wildman–Crippen MR) is 76.2 cm³/mol. The Hall–Kier alpha value is -1.88. The number of benzene rings is 1. The highest BCUT2D eigenvalue weighted by Gasteiger charge is 2.57. The number of amides is 2. The minimum atomic E-state index is -0.484. The summed E-state index contributed by atoms with van der Waals surface area (Å²) in [6, 6.07) is 6.77. The highest BCUT2D eigenvalue weighted by atomic mass is 16.2. The Bertz CT molecular complexity index is 550. The predicted octanol–water partition coefficient (Wildman–Crippen LogP) is 1.11. The number of nitrogens with two attached hydrogens (primary N) is 1. The van der Waals surface area contributed by atoms with Crippen molar-refractivity contribution in [2.45, 2.75) is 19.3 Å². The molecule has 3 rings (SSSR count). The number of primary amides is 1. The molecule has 1 spiro atoms. The molecule has 0 bridgehead atoms. The van der Waals surface area contributed by atoms with Crippen LogP contribution < -0.4 is 16.4 Å². The third kappa shape index (κ3) is 2.41. The van der Waals surface area contributed by atoms with Crippen LogP contribution in [0.1, 0.15) is 29.6 Å². The summed E-state index contributed by atoms with van der Waals surface area (Å²) in [5.41, 5.74) is 6.51. The Labute approximate surface area is 117 Å². The fourth-order valence-electron chi connectivity index (χ4n) is 3.18. The van der Waals surface area contributed by atoms with Gasteiger partial charge in [-0.25, -0.2) is 0 Å². The van der Waals surface area contributed by atoms with Gasteiger partial charge in [-0.05, 0) is 56.0 Å². The standard InChI is InChI=1S/C15H19N3O2/c16-13(19)10-2-1-3-11(8-10)18-14(20)12-9-15(12)4-6-17-7-5-15/h1-3,8,12,17H,4-7,9H2,(H2,16,19)(H,18,20). The van der Waals surface area contributed by atoms with Crippen LogP contribution in [-0.4, -0.2) is 24.9 Å². The first-order valence-electron chi connectivity index (χ1n) is 7.02. The van der Waals surface area contributed by atoms with E-state index in [4.69, 9.17) is 5.73 Å². The van der Waals surface area contributed by atoms with Crippen molar-refractivity contribution in [2.24, 2.45) is 17.1 Å². The molecule has 4 N–H and O–H groups in total. The monoisotopic (exact) mass is 273 g/mol. The second-order valence-corrected chi connectivity index (χ2v) is 5.80. The van der Waals surface area contributed by atoms with Gasteiger partial charge in [-0.3, -0.25) is 9.59 Å². The van der Waals surface area contributed by atoms with Crippen molar-refractivity contribution in [3.8, 4) is 0 Å². The minimum Gasteiger partial charge on any atom is -0.366 e. The van der Waals surface area contributed by atoms with Crippen LogP contribution in [0.4, 0.5) is 5.69 Å².